The van der Waals surface area contributed by atoms with E-state index in [0.29, 0.717) is 52.9 Å². The lowest BCUT2D eigenvalue weighted by Crippen LogP contribution is -2.51. The van der Waals surface area contributed by atoms with Gasteiger partial charge < -0.3 is 48.1 Å². The number of rotatable bonds is 17. The molecule has 8 atom stereocenters. The zero-order chi connectivity index (χ0) is 19.3. The van der Waals surface area contributed by atoms with Gasteiger partial charge in [0.1, 0.15) is 48.8 Å². The highest BCUT2D eigenvalue weighted by Gasteiger charge is 2.38. The molecule has 0 bridgehead atoms. The van der Waals surface area contributed by atoms with E-state index in [2.05, 4.69) is 0 Å². The highest BCUT2D eigenvalue weighted by molar-refractivity contribution is 4.86. The summed E-state index contributed by atoms with van der Waals surface area (Å²) in [5.41, 5.74) is 0. The largest absolute Gasteiger partial charge is 0.388 e. The fraction of sp³-hybridized carbons (Fsp3) is 1.00. The molecule has 4 heterocycles. The Labute approximate surface area is 163 Å². The Hall–Kier alpha value is -0.400. The third-order valence-corrected chi connectivity index (χ3v) is 4.86. The fourth-order valence-corrected chi connectivity index (χ4v) is 2.72. The monoisotopic (exact) mass is 406 g/mol. The molecular formula is C18H30O10. The third kappa shape index (κ3) is 7.45. The molecule has 0 spiro atoms. The first-order valence-electron chi connectivity index (χ1n) is 9.90. The van der Waals surface area contributed by atoms with E-state index in [4.69, 9.17) is 37.9 Å². The maximum Gasteiger partial charge on any atom is 0.114 e. The van der Waals surface area contributed by atoms with Crippen LogP contribution in [0.1, 0.15) is 0 Å². The Kier molecular flexibility index (Phi) is 7.50. The van der Waals surface area contributed by atoms with E-state index < -0.39 is 24.4 Å². The molecule has 0 saturated carbocycles. The summed E-state index contributed by atoms with van der Waals surface area (Å²) < 4.78 is 43.5. The predicted octanol–water partition coefficient (Wildman–Crippen LogP) is -1.89. The number of hydrogen-bond donors (Lipinski definition) is 2. The quantitative estimate of drug-likeness (QED) is 0.265. The van der Waals surface area contributed by atoms with Gasteiger partial charge in [0.2, 0.25) is 0 Å². The van der Waals surface area contributed by atoms with Gasteiger partial charge in [-0.3, -0.25) is 0 Å². The molecule has 4 rings (SSSR count). The lowest BCUT2D eigenvalue weighted by Gasteiger charge is -2.33. The standard InChI is InChI=1S/C18H30O10/c19-15(9-21-1-11-3-23-11)17(20)18(28-8-14-6-26-14)16(27-7-13-5-25-13)10-22-2-12-4-24-12/h11-20H,1-10H2. The maximum atomic E-state index is 10.7. The van der Waals surface area contributed by atoms with Gasteiger partial charge in [0, 0.05) is 0 Å². The van der Waals surface area contributed by atoms with E-state index in [9.17, 15) is 10.2 Å². The van der Waals surface area contributed by atoms with Crippen LogP contribution in [0.4, 0.5) is 0 Å². The van der Waals surface area contributed by atoms with Crippen molar-refractivity contribution in [1.29, 1.82) is 0 Å². The minimum atomic E-state index is -1.20. The SMILES string of the molecule is OC(COCC1CO1)C(O)C(OCC1CO1)C(COCC1CO1)OCC1CO1. The molecular weight excluding hydrogens is 376 g/mol. The van der Waals surface area contributed by atoms with E-state index >= 15 is 0 Å². The molecule has 0 aliphatic carbocycles. The highest BCUT2D eigenvalue weighted by atomic mass is 16.6. The summed E-state index contributed by atoms with van der Waals surface area (Å²) in [6.07, 6.45) is -3.40. The molecule has 4 saturated heterocycles. The Morgan fingerprint density at radius 3 is 1.68 bits per heavy atom. The average molecular weight is 406 g/mol. The second-order valence-corrected chi connectivity index (χ2v) is 7.62. The van der Waals surface area contributed by atoms with Crippen LogP contribution < -0.4 is 0 Å². The van der Waals surface area contributed by atoms with E-state index in [1.807, 2.05) is 0 Å². The molecule has 10 nitrogen and oxygen atoms in total. The molecule has 8 unspecified atom stereocenters. The van der Waals surface area contributed by atoms with Crippen molar-refractivity contribution in [1.82, 2.24) is 0 Å². The van der Waals surface area contributed by atoms with Gasteiger partial charge in [-0.1, -0.05) is 0 Å². The zero-order valence-electron chi connectivity index (χ0n) is 15.9. The first kappa shape index (κ1) is 20.9. The first-order chi connectivity index (χ1) is 13.7. The molecule has 28 heavy (non-hydrogen) atoms. The van der Waals surface area contributed by atoms with Crippen molar-refractivity contribution in [2.45, 2.75) is 48.8 Å². The minimum absolute atomic E-state index is 0.0170. The number of aliphatic hydroxyl groups excluding tert-OH is 2. The summed E-state index contributed by atoms with van der Waals surface area (Å²) >= 11 is 0. The molecule has 0 aromatic rings. The molecule has 4 aliphatic rings. The Morgan fingerprint density at radius 1 is 0.679 bits per heavy atom. The van der Waals surface area contributed by atoms with Gasteiger partial charge in [-0.05, 0) is 0 Å². The van der Waals surface area contributed by atoms with Crippen molar-refractivity contribution in [2.24, 2.45) is 0 Å². The van der Waals surface area contributed by atoms with Gasteiger partial charge in [0.05, 0.1) is 66.1 Å². The Bertz CT molecular complexity index is 463. The van der Waals surface area contributed by atoms with Gasteiger partial charge >= 0.3 is 0 Å². The van der Waals surface area contributed by atoms with Crippen LogP contribution in [0.15, 0.2) is 0 Å². The van der Waals surface area contributed by atoms with Gasteiger partial charge in [0.25, 0.3) is 0 Å². The van der Waals surface area contributed by atoms with E-state index in [0.717, 1.165) is 0 Å². The number of hydrogen-bond acceptors (Lipinski definition) is 10. The van der Waals surface area contributed by atoms with Crippen LogP contribution in [-0.4, -0.2) is 125 Å². The van der Waals surface area contributed by atoms with E-state index in [1.54, 1.807) is 0 Å². The predicted molar refractivity (Wildman–Crippen MR) is 92.1 cm³/mol. The molecule has 0 aromatic carbocycles. The highest BCUT2D eigenvalue weighted by Crippen LogP contribution is 2.20. The summed E-state index contributed by atoms with van der Waals surface area (Å²) in [5.74, 6) is 0. The number of aliphatic hydroxyl groups is 2. The van der Waals surface area contributed by atoms with Crippen molar-refractivity contribution in [3.63, 3.8) is 0 Å². The number of epoxide rings is 4. The van der Waals surface area contributed by atoms with Gasteiger partial charge in [-0.2, -0.15) is 0 Å². The lowest BCUT2D eigenvalue weighted by atomic mass is 10.0. The van der Waals surface area contributed by atoms with Gasteiger partial charge in [0.15, 0.2) is 0 Å². The smallest absolute Gasteiger partial charge is 0.114 e. The molecule has 10 heteroatoms. The summed E-state index contributed by atoms with van der Waals surface area (Å²) in [6, 6.07) is 0. The fourth-order valence-electron chi connectivity index (χ4n) is 2.72. The van der Waals surface area contributed by atoms with Crippen molar-refractivity contribution in [3.8, 4) is 0 Å². The molecule has 162 valence electrons. The molecule has 0 radical (unpaired) electrons. The van der Waals surface area contributed by atoms with Crippen LogP contribution in [-0.2, 0) is 37.9 Å². The lowest BCUT2D eigenvalue weighted by molar-refractivity contribution is -0.173. The van der Waals surface area contributed by atoms with Crippen LogP contribution in [0.3, 0.4) is 0 Å². The minimum Gasteiger partial charge on any atom is -0.388 e. The summed E-state index contributed by atoms with van der Waals surface area (Å²) in [7, 11) is 0. The van der Waals surface area contributed by atoms with E-state index in [1.165, 1.54) is 0 Å². The number of ether oxygens (including phenoxy) is 8. The van der Waals surface area contributed by atoms with Crippen LogP contribution in [0, 0.1) is 0 Å². The van der Waals surface area contributed by atoms with Crippen molar-refractivity contribution in [3.05, 3.63) is 0 Å². The third-order valence-electron chi connectivity index (χ3n) is 4.86. The zero-order valence-corrected chi connectivity index (χ0v) is 15.9. The van der Waals surface area contributed by atoms with Crippen LogP contribution in [0.5, 0.6) is 0 Å². The van der Waals surface area contributed by atoms with Crippen molar-refractivity contribution < 1.29 is 48.1 Å². The Balaban J connectivity index is 1.30. The van der Waals surface area contributed by atoms with Gasteiger partial charge in [-0.25, -0.2) is 0 Å². The van der Waals surface area contributed by atoms with Crippen LogP contribution in [0.2, 0.25) is 0 Å². The Morgan fingerprint density at radius 2 is 1.14 bits per heavy atom. The van der Waals surface area contributed by atoms with Crippen molar-refractivity contribution in [2.75, 3.05) is 66.1 Å². The van der Waals surface area contributed by atoms with Crippen LogP contribution >= 0.6 is 0 Å². The molecule has 2 N–H and O–H groups in total. The molecule has 4 fully saturated rings. The molecule has 0 amide bonds. The summed E-state index contributed by atoms with van der Waals surface area (Å²) in [5, 5.41) is 21.1. The topological polar surface area (TPSA) is 128 Å². The maximum absolute atomic E-state index is 10.7. The second-order valence-electron chi connectivity index (χ2n) is 7.62. The first-order valence-corrected chi connectivity index (χ1v) is 9.90. The van der Waals surface area contributed by atoms with Gasteiger partial charge in [-0.15, -0.1) is 0 Å². The molecule has 4 aliphatic heterocycles. The normalized spacial score (nSPS) is 34.5. The average Bonchev–Trinajstić information content (AvgIpc) is 3.54. The van der Waals surface area contributed by atoms with Crippen molar-refractivity contribution >= 4 is 0 Å². The molecule has 0 aromatic heterocycles. The summed E-state index contributed by atoms with van der Waals surface area (Å²) in [6.45, 7) is 4.41. The van der Waals surface area contributed by atoms with E-state index in [-0.39, 0.29) is 37.6 Å². The second kappa shape index (κ2) is 10.1. The summed E-state index contributed by atoms with van der Waals surface area (Å²) in [4.78, 5) is 0. The van der Waals surface area contributed by atoms with Crippen LogP contribution in [0.25, 0.3) is 0 Å².